The predicted octanol–water partition coefficient (Wildman–Crippen LogP) is 4.64. The molecule has 0 aromatic rings. The number of carbonyl (C=O) groups is 2. The minimum Gasteiger partial charge on any atom is -0.381 e. The average Bonchev–Trinajstić information content (AvgIpc) is 2.83. The molecule has 0 saturated heterocycles. The van der Waals surface area contributed by atoms with Crippen molar-refractivity contribution in [2.75, 3.05) is 5.88 Å². The van der Waals surface area contributed by atoms with E-state index in [1.165, 1.54) is 11.1 Å². The molecule has 4 rings (SSSR count). The van der Waals surface area contributed by atoms with Crippen molar-refractivity contribution in [2.24, 2.45) is 28.6 Å². The standard InChI is InChI=1S/C22H27ClO3.CH4/c1-13-10-18-16-5-4-14-11-15(24)6-8-20(14,2)17(16)7-9-21(18,3)22(13,26)19(25)12-23;/h6-8,11,13,16,18,26H,4-5,9-10,12H2,1-3H3;1H4/t13-,16?,18?,20+,21+,22+;/m1./s1. The summed E-state index contributed by atoms with van der Waals surface area (Å²) in [5, 5.41) is 11.5. The fourth-order valence-electron chi connectivity index (χ4n) is 6.56. The molecular weight excluding hydrogens is 360 g/mol. The van der Waals surface area contributed by atoms with E-state index < -0.39 is 11.0 Å². The van der Waals surface area contributed by atoms with E-state index in [9.17, 15) is 14.7 Å². The second kappa shape index (κ2) is 6.42. The van der Waals surface area contributed by atoms with Crippen LogP contribution in [0.25, 0.3) is 0 Å². The van der Waals surface area contributed by atoms with E-state index in [0.717, 1.165) is 19.3 Å². The quantitative estimate of drug-likeness (QED) is 0.552. The van der Waals surface area contributed by atoms with Crippen LogP contribution in [0.15, 0.2) is 35.5 Å². The van der Waals surface area contributed by atoms with E-state index in [4.69, 9.17) is 11.6 Å². The van der Waals surface area contributed by atoms with Gasteiger partial charge in [-0.05, 0) is 62.5 Å². The Kier molecular flexibility index (Phi) is 4.88. The Morgan fingerprint density at radius 3 is 2.74 bits per heavy atom. The van der Waals surface area contributed by atoms with Gasteiger partial charge in [-0.3, -0.25) is 9.59 Å². The Balaban J connectivity index is 0.00000210. The maximum Gasteiger partial charge on any atom is 0.179 e. The molecule has 2 unspecified atom stereocenters. The van der Waals surface area contributed by atoms with Crippen LogP contribution in [0.3, 0.4) is 0 Å². The molecule has 0 amide bonds. The van der Waals surface area contributed by atoms with Crippen LogP contribution in [-0.4, -0.2) is 28.2 Å². The fraction of sp³-hybridized carbons (Fsp3) is 0.652. The minimum atomic E-state index is -1.35. The second-order valence-corrected chi connectivity index (χ2v) is 9.37. The number of rotatable bonds is 2. The summed E-state index contributed by atoms with van der Waals surface area (Å²) in [7, 11) is 0. The van der Waals surface area contributed by atoms with Gasteiger partial charge in [-0.15, -0.1) is 11.6 Å². The van der Waals surface area contributed by atoms with Crippen molar-refractivity contribution < 1.29 is 14.7 Å². The van der Waals surface area contributed by atoms with Crippen LogP contribution in [0.2, 0.25) is 0 Å². The van der Waals surface area contributed by atoms with Gasteiger partial charge in [0.2, 0.25) is 0 Å². The van der Waals surface area contributed by atoms with Gasteiger partial charge >= 0.3 is 0 Å². The molecule has 0 radical (unpaired) electrons. The molecule has 4 heteroatoms. The largest absolute Gasteiger partial charge is 0.381 e. The van der Waals surface area contributed by atoms with E-state index >= 15 is 0 Å². The summed E-state index contributed by atoms with van der Waals surface area (Å²) < 4.78 is 0. The van der Waals surface area contributed by atoms with E-state index in [2.05, 4.69) is 26.0 Å². The first-order chi connectivity index (χ1) is 12.2. The third-order valence-corrected chi connectivity index (χ3v) is 8.32. The van der Waals surface area contributed by atoms with Crippen LogP contribution in [0.1, 0.15) is 53.9 Å². The lowest BCUT2D eigenvalue weighted by Crippen LogP contribution is -2.57. The Morgan fingerprint density at radius 1 is 1.37 bits per heavy atom. The maximum atomic E-state index is 12.6. The van der Waals surface area contributed by atoms with Gasteiger partial charge in [0.25, 0.3) is 0 Å². The predicted molar refractivity (Wildman–Crippen MR) is 109 cm³/mol. The monoisotopic (exact) mass is 390 g/mol. The van der Waals surface area contributed by atoms with Crippen molar-refractivity contribution in [1.29, 1.82) is 0 Å². The molecule has 0 heterocycles. The van der Waals surface area contributed by atoms with Crippen LogP contribution in [0.4, 0.5) is 0 Å². The lowest BCUT2D eigenvalue weighted by molar-refractivity contribution is -0.155. The molecule has 0 aromatic heterocycles. The third kappa shape index (κ3) is 2.43. The van der Waals surface area contributed by atoms with Gasteiger partial charge in [0, 0.05) is 10.8 Å². The molecule has 148 valence electrons. The zero-order chi connectivity index (χ0) is 18.9. The van der Waals surface area contributed by atoms with Crippen LogP contribution < -0.4 is 0 Å². The molecule has 3 nitrogen and oxygen atoms in total. The summed E-state index contributed by atoms with van der Waals surface area (Å²) in [6.07, 6.45) is 11.2. The van der Waals surface area contributed by atoms with Gasteiger partial charge in [-0.1, -0.05) is 44.6 Å². The summed E-state index contributed by atoms with van der Waals surface area (Å²) >= 11 is 5.87. The van der Waals surface area contributed by atoms with E-state index in [-0.39, 0.29) is 42.1 Å². The lowest BCUT2D eigenvalue weighted by atomic mass is 9.51. The summed E-state index contributed by atoms with van der Waals surface area (Å²) in [5.41, 5.74) is 0.554. The van der Waals surface area contributed by atoms with Crippen LogP contribution in [0.5, 0.6) is 0 Å². The first-order valence-electron chi connectivity index (χ1n) is 9.65. The molecule has 2 fully saturated rings. The molecule has 0 spiro atoms. The second-order valence-electron chi connectivity index (χ2n) is 9.10. The molecule has 27 heavy (non-hydrogen) atoms. The van der Waals surface area contributed by atoms with Crippen LogP contribution in [0, 0.1) is 28.6 Å². The number of halogens is 1. The fourth-order valence-corrected chi connectivity index (χ4v) is 6.77. The number of aliphatic hydroxyl groups is 1. The van der Waals surface area contributed by atoms with Crippen molar-refractivity contribution >= 4 is 23.2 Å². The van der Waals surface area contributed by atoms with Gasteiger partial charge < -0.3 is 5.11 Å². The van der Waals surface area contributed by atoms with Gasteiger partial charge in [-0.2, -0.15) is 0 Å². The van der Waals surface area contributed by atoms with Gasteiger partial charge in [0.05, 0.1) is 5.88 Å². The number of allylic oxidation sites excluding steroid dienone is 6. The number of carbonyl (C=O) groups excluding carboxylic acids is 2. The number of ketones is 2. The highest BCUT2D eigenvalue weighted by atomic mass is 35.5. The summed E-state index contributed by atoms with van der Waals surface area (Å²) in [6, 6.07) is 0. The molecular formula is C23H31ClO3. The highest BCUT2D eigenvalue weighted by Crippen LogP contribution is 2.66. The molecule has 4 aliphatic rings. The van der Waals surface area contributed by atoms with Crippen LogP contribution >= 0.6 is 11.6 Å². The highest BCUT2D eigenvalue weighted by Gasteiger charge is 2.66. The van der Waals surface area contributed by atoms with E-state index in [0.29, 0.717) is 12.3 Å². The maximum absolute atomic E-state index is 12.6. The van der Waals surface area contributed by atoms with Gasteiger partial charge in [0.1, 0.15) is 5.60 Å². The lowest BCUT2D eigenvalue weighted by Gasteiger charge is -2.53. The average molecular weight is 391 g/mol. The molecule has 0 aliphatic heterocycles. The number of alkyl halides is 1. The van der Waals surface area contributed by atoms with Crippen molar-refractivity contribution in [2.45, 2.75) is 59.5 Å². The zero-order valence-corrected chi connectivity index (χ0v) is 16.5. The van der Waals surface area contributed by atoms with Crippen molar-refractivity contribution in [1.82, 2.24) is 0 Å². The normalized spacial score (nSPS) is 45.1. The molecule has 2 saturated carbocycles. The van der Waals surface area contributed by atoms with Crippen molar-refractivity contribution in [3.05, 3.63) is 35.5 Å². The third-order valence-electron chi connectivity index (χ3n) is 8.08. The van der Waals surface area contributed by atoms with Crippen molar-refractivity contribution in [3.8, 4) is 0 Å². The molecule has 4 aliphatic carbocycles. The first kappa shape index (κ1) is 20.5. The molecule has 6 atom stereocenters. The van der Waals surface area contributed by atoms with Crippen LogP contribution in [-0.2, 0) is 9.59 Å². The van der Waals surface area contributed by atoms with E-state index in [1.807, 2.05) is 6.92 Å². The number of fused-ring (bicyclic) bond motifs is 5. The molecule has 1 N–H and O–H groups in total. The zero-order valence-electron chi connectivity index (χ0n) is 15.7. The smallest absolute Gasteiger partial charge is 0.179 e. The van der Waals surface area contributed by atoms with Gasteiger partial charge in [-0.25, -0.2) is 0 Å². The summed E-state index contributed by atoms with van der Waals surface area (Å²) in [5.74, 6) is 0.213. The Labute approximate surface area is 167 Å². The van der Waals surface area contributed by atoms with Crippen molar-refractivity contribution in [3.63, 3.8) is 0 Å². The minimum absolute atomic E-state index is 0. The molecule has 0 aromatic carbocycles. The summed E-state index contributed by atoms with van der Waals surface area (Å²) in [6.45, 7) is 6.27. The van der Waals surface area contributed by atoms with Gasteiger partial charge in [0.15, 0.2) is 11.6 Å². The summed E-state index contributed by atoms with van der Waals surface area (Å²) in [4.78, 5) is 24.5. The number of hydrogen-bond donors (Lipinski definition) is 1. The Bertz CT molecular complexity index is 778. The topological polar surface area (TPSA) is 54.4 Å². The first-order valence-corrected chi connectivity index (χ1v) is 10.2. The molecule has 0 bridgehead atoms. The Hall–Kier alpha value is -1.19. The SMILES string of the molecule is C.C[C@@H]1CC2C3CCC4=CC(=O)C=C[C@]4(C)C3=CC[C@]2(C)[C@@]1(O)C(=O)CCl. The highest BCUT2D eigenvalue weighted by molar-refractivity contribution is 6.29. The number of Topliss-reactive ketones (excluding diaryl/α,β-unsaturated/α-hetero) is 1. The number of hydrogen-bond acceptors (Lipinski definition) is 3. The van der Waals surface area contributed by atoms with E-state index in [1.54, 1.807) is 12.2 Å². The Morgan fingerprint density at radius 2 is 2.07 bits per heavy atom.